The molecule has 0 aliphatic rings. The molecule has 0 fully saturated rings. The van der Waals surface area contributed by atoms with Gasteiger partial charge >= 0.3 is 0 Å². The molecule has 0 aliphatic heterocycles. The number of ether oxygens (including phenoxy) is 2. The van der Waals surface area contributed by atoms with Crippen LogP contribution < -0.4 is 14.8 Å². The van der Waals surface area contributed by atoms with Crippen LogP contribution in [0, 0.1) is 6.92 Å². The fourth-order valence-corrected chi connectivity index (χ4v) is 2.86. The van der Waals surface area contributed by atoms with Crippen molar-refractivity contribution in [3.8, 4) is 11.5 Å². The van der Waals surface area contributed by atoms with Crippen molar-refractivity contribution in [1.82, 2.24) is 15.5 Å². The fraction of sp³-hybridized carbons (Fsp3) is 0.350. The van der Waals surface area contributed by atoms with E-state index in [9.17, 15) is 4.79 Å². The number of carbonyl (C=O) groups excluding carboxylic acids is 1. The van der Waals surface area contributed by atoms with Crippen LogP contribution in [-0.4, -0.2) is 30.3 Å². The quantitative estimate of drug-likeness (QED) is 0.714. The molecule has 1 aromatic carbocycles. The number of rotatable bonds is 6. The summed E-state index contributed by atoms with van der Waals surface area (Å²) in [4.78, 5) is 17.3. The Morgan fingerprint density at radius 1 is 1.19 bits per heavy atom. The van der Waals surface area contributed by atoms with Gasteiger partial charge in [0.2, 0.25) is 0 Å². The van der Waals surface area contributed by atoms with Gasteiger partial charge in [0.05, 0.1) is 30.9 Å². The van der Waals surface area contributed by atoms with E-state index in [1.165, 1.54) is 0 Å². The lowest BCUT2D eigenvalue weighted by Crippen LogP contribution is -2.23. The SMILES string of the molecule is COc1ccc(CNC(=O)c2cc(C(C)C)nc3onc(C)c23)cc1OC. The highest BCUT2D eigenvalue weighted by molar-refractivity contribution is 6.06. The van der Waals surface area contributed by atoms with Crippen LogP contribution in [-0.2, 0) is 6.54 Å². The zero-order valence-electron chi connectivity index (χ0n) is 16.1. The first-order valence-electron chi connectivity index (χ1n) is 8.70. The number of nitrogens with zero attached hydrogens (tertiary/aromatic N) is 2. The third-order valence-electron chi connectivity index (χ3n) is 4.37. The van der Waals surface area contributed by atoms with E-state index in [-0.39, 0.29) is 11.8 Å². The minimum atomic E-state index is -0.203. The van der Waals surface area contributed by atoms with E-state index in [0.717, 1.165) is 11.3 Å². The molecule has 0 radical (unpaired) electrons. The highest BCUT2D eigenvalue weighted by Gasteiger charge is 2.19. The van der Waals surface area contributed by atoms with Crippen molar-refractivity contribution in [2.75, 3.05) is 14.2 Å². The first kappa shape index (κ1) is 18.7. The van der Waals surface area contributed by atoms with Crippen LogP contribution in [0.25, 0.3) is 11.1 Å². The van der Waals surface area contributed by atoms with Crippen molar-refractivity contribution in [3.05, 3.63) is 46.8 Å². The van der Waals surface area contributed by atoms with E-state index < -0.39 is 0 Å². The van der Waals surface area contributed by atoms with Crippen LogP contribution in [0.15, 0.2) is 28.8 Å². The molecule has 3 aromatic rings. The number of nitrogens with one attached hydrogen (secondary N) is 1. The lowest BCUT2D eigenvalue weighted by atomic mass is 10.0. The molecule has 2 heterocycles. The van der Waals surface area contributed by atoms with Gasteiger partial charge in [-0.2, -0.15) is 0 Å². The molecular weight excluding hydrogens is 346 g/mol. The van der Waals surface area contributed by atoms with Crippen molar-refractivity contribution in [2.45, 2.75) is 33.2 Å². The van der Waals surface area contributed by atoms with Gasteiger partial charge in [0.15, 0.2) is 11.5 Å². The van der Waals surface area contributed by atoms with Crippen molar-refractivity contribution in [3.63, 3.8) is 0 Å². The zero-order chi connectivity index (χ0) is 19.6. The Morgan fingerprint density at radius 3 is 2.59 bits per heavy atom. The number of benzene rings is 1. The molecule has 0 spiro atoms. The van der Waals surface area contributed by atoms with Gasteiger partial charge in [-0.25, -0.2) is 4.98 Å². The predicted molar refractivity (Wildman–Crippen MR) is 101 cm³/mol. The molecule has 3 rings (SSSR count). The molecule has 0 saturated carbocycles. The number of hydrogen-bond donors (Lipinski definition) is 1. The summed E-state index contributed by atoms with van der Waals surface area (Å²) in [6, 6.07) is 7.34. The van der Waals surface area contributed by atoms with Gasteiger partial charge in [0, 0.05) is 12.2 Å². The molecule has 2 aromatic heterocycles. The van der Waals surface area contributed by atoms with E-state index in [2.05, 4.69) is 15.5 Å². The first-order valence-corrected chi connectivity index (χ1v) is 8.70. The van der Waals surface area contributed by atoms with Crippen LogP contribution in [0.4, 0.5) is 0 Å². The Morgan fingerprint density at radius 2 is 1.93 bits per heavy atom. The standard InChI is InChI=1S/C20H23N3O4/c1-11(2)15-9-14(18-12(3)23-27-20(18)22-15)19(24)21-10-13-6-7-16(25-4)17(8-13)26-5/h6-9,11H,10H2,1-5H3,(H,21,24). The minimum absolute atomic E-state index is 0.164. The third-order valence-corrected chi connectivity index (χ3v) is 4.37. The van der Waals surface area contributed by atoms with Crippen LogP contribution >= 0.6 is 0 Å². The number of aromatic nitrogens is 2. The number of pyridine rings is 1. The lowest BCUT2D eigenvalue weighted by Gasteiger charge is -2.12. The lowest BCUT2D eigenvalue weighted by molar-refractivity contribution is 0.0952. The summed E-state index contributed by atoms with van der Waals surface area (Å²) in [6.45, 7) is 6.18. The highest BCUT2D eigenvalue weighted by Crippen LogP contribution is 2.28. The molecular formula is C20H23N3O4. The fourth-order valence-electron chi connectivity index (χ4n) is 2.86. The molecule has 27 heavy (non-hydrogen) atoms. The van der Waals surface area contributed by atoms with Crippen LogP contribution in [0.5, 0.6) is 11.5 Å². The van der Waals surface area contributed by atoms with E-state index in [1.807, 2.05) is 32.0 Å². The molecule has 1 amide bonds. The van der Waals surface area contributed by atoms with Crippen LogP contribution in [0.2, 0.25) is 0 Å². The average Bonchev–Trinajstić information content (AvgIpc) is 3.06. The van der Waals surface area contributed by atoms with Gasteiger partial charge in [-0.1, -0.05) is 25.1 Å². The van der Waals surface area contributed by atoms with Crippen molar-refractivity contribution in [2.24, 2.45) is 0 Å². The van der Waals surface area contributed by atoms with Gasteiger partial charge in [-0.05, 0) is 36.6 Å². The smallest absolute Gasteiger partial charge is 0.259 e. The first-order chi connectivity index (χ1) is 12.9. The average molecular weight is 369 g/mol. The highest BCUT2D eigenvalue weighted by atomic mass is 16.5. The van der Waals surface area contributed by atoms with Gasteiger partial charge in [0.1, 0.15) is 0 Å². The van der Waals surface area contributed by atoms with Gasteiger partial charge in [-0.3, -0.25) is 4.79 Å². The Bertz CT molecular complexity index is 979. The topological polar surface area (TPSA) is 86.5 Å². The van der Waals surface area contributed by atoms with Gasteiger partial charge in [-0.15, -0.1) is 0 Å². The second kappa shape index (κ2) is 7.65. The van der Waals surface area contributed by atoms with E-state index >= 15 is 0 Å². The van der Waals surface area contributed by atoms with Crippen molar-refractivity contribution < 1.29 is 18.8 Å². The third kappa shape index (κ3) is 3.72. The number of fused-ring (bicyclic) bond motifs is 1. The second-order valence-electron chi connectivity index (χ2n) is 6.57. The number of methoxy groups -OCH3 is 2. The maximum absolute atomic E-state index is 12.9. The molecule has 0 bridgehead atoms. The second-order valence-corrected chi connectivity index (χ2v) is 6.57. The summed E-state index contributed by atoms with van der Waals surface area (Å²) in [6.07, 6.45) is 0. The summed E-state index contributed by atoms with van der Waals surface area (Å²) in [5.74, 6) is 1.22. The van der Waals surface area contributed by atoms with E-state index in [0.29, 0.717) is 40.4 Å². The molecule has 7 nitrogen and oxygen atoms in total. The molecule has 142 valence electrons. The number of carbonyl (C=O) groups is 1. The summed E-state index contributed by atoms with van der Waals surface area (Å²) >= 11 is 0. The predicted octanol–water partition coefficient (Wildman–Crippen LogP) is 3.60. The molecule has 0 unspecified atom stereocenters. The summed E-state index contributed by atoms with van der Waals surface area (Å²) in [5.41, 5.74) is 3.23. The summed E-state index contributed by atoms with van der Waals surface area (Å²) in [5, 5.41) is 7.54. The van der Waals surface area contributed by atoms with E-state index in [1.54, 1.807) is 27.2 Å². The molecule has 0 saturated heterocycles. The summed E-state index contributed by atoms with van der Waals surface area (Å²) < 4.78 is 15.8. The number of aryl methyl sites for hydroxylation is 1. The minimum Gasteiger partial charge on any atom is -0.493 e. The van der Waals surface area contributed by atoms with Gasteiger partial charge in [0.25, 0.3) is 11.6 Å². The largest absolute Gasteiger partial charge is 0.493 e. The molecule has 0 atom stereocenters. The Kier molecular flexibility index (Phi) is 5.30. The molecule has 1 N–H and O–H groups in total. The summed E-state index contributed by atoms with van der Waals surface area (Å²) in [7, 11) is 3.16. The zero-order valence-corrected chi connectivity index (χ0v) is 16.1. The van der Waals surface area contributed by atoms with Crippen molar-refractivity contribution in [1.29, 1.82) is 0 Å². The number of amides is 1. The maximum Gasteiger partial charge on any atom is 0.259 e. The maximum atomic E-state index is 12.9. The molecule has 7 heteroatoms. The Labute approximate surface area is 157 Å². The Hall–Kier alpha value is -3.09. The van der Waals surface area contributed by atoms with Crippen LogP contribution in [0.3, 0.4) is 0 Å². The van der Waals surface area contributed by atoms with E-state index in [4.69, 9.17) is 14.0 Å². The number of hydrogen-bond acceptors (Lipinski definition) is 6. The van der Waals surface area contributed by atoms with Crippen molar-refractivity contribution >= 4 is 17.0 Å². The molecule has 0 aliphatic carbocycles. The normalized spacial score (nSPS) is 11.0. The monoisotopic (exact) mass is 369 g/mol. The van der Waals surface area contributed by atoms with Crippen LogP contribution in [0.1, 0.15) is 47.1 Å². The Balaban J connectivity index is 1.87. The van der Waals surface area contributed by atoms with Gasteiger partial charge < -0.3 is 19.3 Å².